The largest absolute Gasteiger partial charge is 0.497 e. The fourth-order valence-corrected chi connectivity index (χ4v) is 4.49. The van der Waals surface area contributed by atoms with Crippen LogP contribution in [-0.4, -0.2) is 59.6 Å². The summed E-state index contributed by atoms with van der Waals surface area (Å²) in [6.45, 7) is 2.60. The highest BCUT2D eigenvalue weighted by Gasteiger charge is 2.44. The Balaban J connectivity index is 1.56. The Morgan fingerprint density at radius 3 is 2.17 bits per heavy atom. The van der Waals surface area contributed by atoms with E-state index in [1.165, 1.54) is 36.3 Å². The van der Waals surface area contributed by atoms with Crippen LogP contribution in [0.4, 0.5) is 5.69 Å². The van der Waals surface area contributed by atoms with E-state index in [1.807, 2.05) is 37.3 Å². The van der Waals surface area contributed by atoms with Gasteiger partial charge in [-0.05, 0) is 61.1 Å². The van der Waals surface area contributed by atoms with Crippen molar-refractivity contribution in [3.8, 4) is 17.2 Å². The molecule has 1 atom stereocenters. The number of hydrazine groups is 1. The molecule has 3 aromatic carbocycles. The Bertz CT molecular complexity index is 1360. The summed E-state index contributed by atoms with van der Waals surface area (Å²) >= 11 is 5.62. The van der Waals surface area contributed by atoms with Gasteiger partial charge in [0.1, 0.15) is 23.3 Å². The van der Waals surface area contributed by atoms with Gasteiger partial charge in [0.25, 0.3) is 11.8 Å². The molecule has 10 nitrogen and oxygen atoms in total. The van der Waals surface area contributed by atoms with Gasteiger partial charge in [0.2, 0.25) is 5.91 Å². The molecule has 3 aromatic rings. The van der Waals surface area contributed by atoms with E-state index >= 15 is 0 Å². The molecule has 11 heteroatoms. The number of anilines is 1. The lowest BCUT2D eigenvalue weighted by Crippen LogP contribution is -2.49. The highest BCUT2D eigenvalue weighted by atomic mass is 32.1. The lowest BCUT2D eigenvalue weighted by molar-refractivity contribution is -0.131. The van der Waals surface area contributed by atoms with E-state index < -0.39 is 23.8 Å². The number of rotatable bonds is 11. The molecule has 0 spiro atoms. The Morgan fingerprint density at radius 2 is 1.57 bits per heavy atom. The molecule has 1 aliphatic heterocycles. The molecule has 1 fully saturated rings. The summed E-state index contributed by atoms with van der Waals surface area (Å²) in [7, 11) is 2.95. The average molecular weight is 563 g/mol. The Kier molecular flexibility index (Phi) is 9.18. The number of nitrogens with zero attached hydrogens (tertiary/aromatic N) is 2. The fourth-order valence-electron chi connectivity index (χ4n) is 4.17. The summed E-state index contributed by atoms with van der Waals surface area (Å²) < 4.78 is 16.0. The van der Waals surface area contributed by atoms with E-state index in [0.29, 0.717) is 29.5 Å². The molecule has 1 saturated heterocycles. The molecule has 0 bridgehead atoms. The first-order valence-electron chi connectivity index (χ1n) is 12.6. The molecule has 0 aromatic heterocycles. The molecule has 1 heterocycles. The third-order valence-corrected chi connectivity index (χ3v) is 6.56. The third kappa shape index (κ3) is 6.67. The zero-order valence-corrected chi connectivity index (χ0v) is 23.2. The van der Waals surface area contributed by atoms with Crippen molar-refractivity contribution in [1.82, 2.24) is 15.3 Å². The lowest BCUT2D eigenvalue weighted by atomic mass is 10.1. The third-order valence-electron chi connectivity index (χ3n) is 6.15. The molecule has 1 aliphatic rings. The predicted octanol–water partition coefficient (Wildman–Crippen LogP) is 3.77. The van der Waals surface area contributed by atoms with E-state index in [9.17, 15) is 14.4 Å². The van der Waals surface area contributed by atoms with Gasteiger partial charge in [-0.1, -0.05) is 30.3 Å². The topological polar surface area (TPSA) is 109 Å². The Labute approximate surface area is 237 Å². The summed E-state index contributed by atoms with van der Waals surface area (Å²) in [5, 5.41) is 4.14. The molecule has 40 heavy (non-hydrogen) atoms. The summed E-state index contributed by atoms with van der Waals surface area (Å²) in [6, 6.07) is 19.9. The van der Waals surface area contributed by atoms with E-state index in [0.717, 1.165) is 5.56 Å². The van der Waals surface area contributed by atoms with Gasteiger partial charge in [-0.2, -0.15) is 0 Å². The Morgan fingerprint density at radius 1 is 0.925 bits per heavy atom. The van der Waals surface area contributed by atoms with Crippen molar-refractivity contribution in [2.45, 2.75) is 25.9 Å². The van der Waals surface area contributed by atoms with Crippen LogP contribution in [0.1, 0.15) is 29.3 Å². The molecule has 208 valence electrons. The number of hydrogen-bond acceptors (Lipinski definition) is 7. The van der Waals surface area contributed by atoms with Crippen LogP contribution in [0, 0.1) is 0 Å². The van der Waals surface area contributed by atoms with E-state index in [1.54, 1.807) is 30.3 Å². The molecule has 2 N–H and O–H groups in total. The SMILES string of the molecule is CCOc1ccc(NC(=O)CC2C(=O)N(Cc3ccccc3)C(=S)N2NC(=O)c2cc(OC)cc(OC)c2)cc1. The first kappa shape index (κ1) is 28.4. The van der Waals surface area contributed by atoms with Gasteiger partial charge < -0.3 is 19.5 Å². The molecular weight excluding hydrogens is 532 g/mol. The monoisotopic (exact) mass is 562 g/mol. The van der Waals surface area contributed by atoms with Crippen molar-refractivity contribution in [1.29, 1.82) is 0 Å². The second kappa shape index (κ2) is 12.9. The average Bonchev–Trinajstić information content (AvgIpc) is 3.17. The van der Waals surface area contributed by atoms with Crippen molar-refractivity contribution in [2.24, 2.45) is 0 Å². The smallest absolute Gasteiger partial charge is 0.270 e. The van der Waals surface area contributed by atoms with Crippen LogP contribution in [0.15, 0.2) is 72.8 Å². The second-order valence-corrected chi connectivity index (χ2v) is 9.20. The summed E-state index contributed by atoms with van der Waals surface area (Å²) in [5.74, 6) is 0.138. The van der Waals surface area contributed by atoms with E-state index in [-0.39, 0.29) is 23.6 Å². The number of amides is 3. The maximum Gasteiger partial charge on any atom is 0.270 e. The number of methoxy groups -OCH3 is 2. The summed E-state index contributed by atoms with van der Waals surface area (Å²) in [6.07, 6.45) is -0.251. The van der Waals surface area contributed by atoms with Crippen LogP contribution in [0.3, 0.4) is 0 Å². The van der Waals surface area contributed by atoms with Gasteiger partial charge in [0.05, 0.1) is 33.8 Å². The lowest BCUT2D eigenvalue weighted by Gasteiger charge is -2.24. The minimum absolute atomic E-state index is 0.0796. The number of hydrogen-bond donors (Lipinski definition) is 2. The second-order valence-electron chi connectivity index (χ2n) is 8.83. The maximum atomic E-state index is 13.6. The highest BCUT2D eigenvalue weighted by molar-refractivity contribution is 7.80. The van der Waals surface area contributed by atoms with Crippen molar-refractivity contribution < 1.29 is 28.6 Å². The van der Waals surface area contributed by atoms with Crippen LogP contribution in [0.5, 0.6) is 17.2 Å². The van der Waals surface area contributed by atoms with Crippen LogP contribution in [-0.2, 0) is 16.1 Å². The maximum absolute atomic E-state index is 13.6. The molecule has 0 radical (unpaired) electrons. The summed E-state index contributed by atoms with van der Waals surface area (Å²) in [5.41, 5.74) is 4.34. The molecule has 0 saturated carbocycles. The Hall–Kier alpha value is -4.64. The zero-order chi connectivity index (χ0) is 28.6. The number of carbonyl (C=O) groups excluding carboxylic acids is 3. The standard InChI is InChI=1S/C29H30N4O6S/c1-4-39-22-12-10-21(11-13-22)30-26(34)17-25-28(36)32(18-19-8-6-5-7-9-19)29(40)33(25)31-27(35)20-14-23(37-2)16-24(15-20)38-3/h5-16,25H,4,17-18H2,1-3H3,(H,30,34)(H,31,35). The van der Waals surface area contributed by atoms with Crippen LogP contribution >= 0.6 is 12.2 Å². The fraction of sp³-hybridized carbons (Fsp3) is 0.241. The normalized spacial score (nSPS) is 14.6. The van der Waals surface area contributed by atoms with Crippen molar-refractivity contribution in [3.63, 3.8) is 0 Å². The quantitative estimate of drug-likeness (QED) is 0.340. The number of carbonyl (C=O) groups is 3. The van der Waals surface area contributed by atoms with Gasteiger partial charge in [0, 0.05) is 17.3 Å². The first-order valence-corrected chi connectivity index (χ1v) is 13.0. The predicted molar refractivity (Wildman–Crippen MR) is 153 cm³/mol. The highest BCUT2D eigenvalue weighted by Crippen LogP contribution is 2.25. The van der Waals surface area contributed by atoms with Crippen molar-refractivity contribution in [3.05, 3.63) is 83.9 Å². The number of nitrogens with one attached hydrogen (secondary N) is 2. The number of thiocarbonyl (C=S) groups is 1. The zero-order valence-electron chi connectivity index (χ0n) is 22.4. The van der Waals surface area contributed by atoms with Gasteiger partial charge in [-0.15, -0.1) is 0 Å². The van der Waals surface area contributed by atoms with Gasteiger partial charge in [-0.25, -0.2) is 5.01 Å². The van der Waals surface area contributed by atoms with Gasteiger partial charge in [-0.3, -0.25) is 24.7 Å². The van der Waals surface area contributed by atoms with Crippen molar-refractivity contribution in [2.75, 3.05) is 26.1 Å². The molecular formula is C29H30N4O6S. The number of benzene rings is 3. The minimum Gasteiger partial charge on any atom is -0.497 e. The van der Waals surface area contributed by atoms with E-state index in [2.05, 4.69) is 10.7 Å². The molecule has 1 unspecified atom stereocenters. The minimum atomic E-state index is -1.06. The number of ether oxygens (including phenoxy) is 3. The van der Waals surface area contributed by atoms with Gasteiger partial charge in [0.15, 0.2) is 5.11 Å². The van der Waals surface area contributed by atoms with Crippen molar-refractivity contribution >= 4 is 40.7 Å². The van der Waals surface area contributed by atoms with E-state index in [4.69, 9.17) is 26.4 Å². The summed E-state index contributed by atoms with van der Waals surface area (Å²) in [4.78, 5) is 41.3. The molecule has 3 amide bonds. The first-order chi connectivity index (χ1) is 19.3. The molecule has 4 rings (SSSR count). The van der Waals surface area contributed by atoms with Crippen LogP contribution < -0.4 is 25.0 Å². The molecule has 0 aliphatic carbocycles. The van der Waals surface area contributed by atoms with Crippen LogP contribution in [0.2, 0.25) is 0 Å². The van der Waals surface area contributed by atoms with Crippen LogP contribution in [0.25, 0.3) is 0 Å². The van der Waals surface area contributed by atoms with Gasteiger partial charge >= 0.3 is 0 Å².